The Morgan fingerprint density at radius 2 is 2.08 bits per heavy atom. The van der Waals surface area contributed by atoms with Gasteiger partial charge in [-0.15, -0.1) is 0 Å². The number of halogens is 1. The second-order valence-corrected chi connectivity index (χ2v) is 3.88. The fourth-order valence-electron chi connectivity index (χ4n) is 1.21. The van der Waals surface area contributed by atoms with Crippen molar-refractivity contribution in [1.82, 2.24) is 0 Å². The van der Waals surface area contributed by atoms with E-state index in [9.17, 15) is 5.11 Å². The van der Waals surface area contributed by atoms with Crippen LogP contribution < -0.4 is 5.73 Å². The van der Waals surface area contributed by atoms with Crippen LogP contribution in [0.2, 0.25) is 0 Å². The van der Waals surface area contributed by atoms with Crippen LogP contribution in [-0.2, 0) is 0 Å². The topological polar surface area (TPSA) is 46.2 Å². The van der Waals surface area contributed by atoms with Crippen molar-refractivity contribution in [3.63, 3.8) is 0 Å². The maximum atomic E-state index is 9.56. The summed E-state index contributed by atoms with van der Waals surface area (Å²) in [6.45, 7) is 1.92. The molecular formula is C10H14BrNO. The van der Waals surface area contributed by atoms with Crippen LogP contribution in [0, 0.1) is 0 Å². The van der Waals surface area contributed by atoms with Gasteiger partial charge in [0.25, 0.3) is 0 Å². The Morgan fingerprint density at radius 3 is 2.62 bits per heavy atom. The maximum absolute atomic E-state index is 9.56. The summed E-state index contributed by atoms with van der Waals surface area (Å²) in [5.41, 5.74) is 6.83. The zero-order valence-electron chi connectivity index (χ0n) is 7.57. The number of nitrogens with two attached hydrogens (primary N) is 1. The summed E-state index contributed by atoms with van der Waals surface area (Å²) in [5, 5.41) is 9.56. The van der Waals surface area contributed by atoms with Gasteiger partial charge in [0.15, 0.2) is 0 Å². The minimum atomic E-state index is -0.473. The molecular weight excluding hydrogens is 230 g/mol. The van der Waals surface area contributed by atoms with Gasteiger partial charge >= 0.3 is 0 Å². The minimum Gasteiger partial charge on any atom is -0.391 e. The Kier molecular flexibility index (Phi) is 3.90. The summed E-state index contributed by atoms with van der Waals surface area (Å²) < 4.78 is 0.954. The summed E-state index contributed by atoms with van der Waals surface area (Å²) in [7, 11) is 0. The molecule has 0 radical (unpaired) electrons. The molecule has 0 aliphatic rings. The van der Waals surface area contributed by atoms with E-state index >= 15 is 0 Å². The van der Waals surface area contributed by atoms with Crippen LogP contribution in [-0.4, -0.2) is 11.2 Å². The van der Waals surface area contributed by atoms with Gasteiger partial charge in [0.05, 0.1) is 12.1 Å². The lowest BCUT2D eigenvalue weighted by Gasteiger charge is -2.18. The number of hydrogen-bond donors (Lipinski definition) is 2. The number of aliphatic hydroxyl groups excluding tert-OH is 1. The maximum Gasteiger partial charge on any atom is 0.0730 e. The molecule has 0 aliphatic heterocycles. The first-order chi connectivity index (χ1) is 6.16. The third-order valence-electron chi connectivity index (χ3n) is 2.10. The molecule has 0 amide bonds. The lowest BCUT2D eigenvalue weighted by Crippen LogP contribution is -2.25. The first-order valence-corrected chi connectivity index (χ1v) is 5.14. The summed E-state index contributed by atoms with van der Waals surface area (Å²) in [4.78, 5) is 0. The predicted molar refractivity (Wildman–Crippen MR) is 57.4 cm³/mol. The molecule has 0 aliphatic carbocycles. The Morgan fingerprint density at radius 1 is 1.46 bits per heavy atom. The van der Waals surface area contributed by atoms with Crippen molar-refractivity contribution < 1.29 is 5.11 Å². The van der Waals surface area contributed by atoms with Gasteiger partial charge in [-0.2, -0.15) is 0 Å². The molecule has 0 bridgehead atoms. The standard InChI is InChI=1S/C10H14BrNO/c1-2-9(13)10(12)7-5-3-4-6-8(7)11/h3-6,9-10,13H,2,12H2,1H3/t9-,10+/m0/s1. The van der Waals surface area contributed by atoms with E-state index in [-0.39, 0.29) is 6.04 Å². The van der Waals surface area contributed by atoms with Gasteiger partial charge in [0.2, 0.25) is 0 Å². The minimum absolute atomic E-state index is 0.305. The van der Waals surface area contributed by atoms with E-state index < -0.39 is 6.10 Å². The van der Waals surface area contributed by atoms with Crippen LogP contribution in [0.3, 0.4) is 0 Å². The van der Waals surface area contributed by atoms with E-state index in [1.807, 2.05) is 31.2 Å². The SMILES string of the molecule is CC[C@H](O)[C@H](N)c1ccccc1Br. The largest absolute Gasteiger partial charge is 0.391 e. The highest BCUT2D eigenvalue weighted by Gasteiger charge is 2.16. The molecule has 13 heavy (non-hydrogen) atoms. The first-order valence-electron chi connectivity index (χ1n) is 4.35. The highest BCUT2D eigenvalue weighted by atomic mass is 79.9. The van der Waals surface area contributed by atoms with E-state index in [1.165, 1.54) is 0 Å². The van der Waals surface area contributed by atoms with Crippen molar-refractivity contribution in [3.05, 3.63) is 34.3 Å². The lowest BCUT2D eigenvalue weighted by atomic mass is 10.0. The quantitative estimate of drug-likeness (QED) is 0.856. The van der Waals surface area contributed by atoms with E-state index in [0.717, 1.165) is 10.0 Å². The van der Waals surface area contributed by atoms with Gasteiger partial charge in [0.1, 0.15) is 0 Å². The Hall–Kier alpha value is -0.380. The van der Waals surface area contributed by atoms with Crippen LogP contribution in [0.15, 0.2) is 28.7 Å². The summed E-state index contributed by atoms with van der Waals surface area (Å²) >= 11 is 3.40. The van der Waals surface area contributed by atoms with E-state index in [2.05, 4.69) is 15.9 Å². The molecule has 2 nitrogen and oxygen atoms in total. The van der Waals surface area contributed by atoms with E-state index in [1.54, 1.807) is 0 Å². The van der Waals surface area contributed by atoms with Crippen molar-refractivity contribution >= 4 is 15.9 Å². The zero-order valence-corrected chi connectivity index (χ0v) is 9.16. The summed E-state index contributed by atoms with van der Waals surface area (Å²) in [5.74, 6) is 0. The highest BCUT2D eigenvalue weighted by Crippen LogP contribution is 2.24. The Balaban J connectivity index is 2.88. The van der Waals surface area contributed by atoms with Gasteiger partial charge in [-0.25, -0.2) is 0 Å². The van der Waals surface area contributed by atoms with Gasteiger partial charge in [0, 0.05) is 4.47 Å². The van der Waals surface area contributed by atoms with Crippen molar-refractivity contribution in [2.45, 2.75) is 25.5 Å². The van der Waals surface area contributed by atoms with Gasteiger partial charge < -0.3 is 10.8 Å². The lowest BCUT2D eigenvalue weighted by molar-refractivity contribution is 0.140. The monoisotopic (exact) mass is 243 g/mol. The molecule has 1 aromatic rings. The van der Waals surface area contributed by atoms with Crippen molar-refractivity contribution in [3.8, 4) is 0 Å². The first kappa shape index (κ1) is 10.7. The van der Waals surface area contributed by atoms with Crippen LogP contribution in [0.4, 0.5) is 0 Å². The molecule has 3 N–H and O–H groups in total. The Bertz CT molecular complexity index is 277. The van der Waals surface area contributed by atoms with E-state index in [0.29, 0.717) is 6.42 Å². The molecule has 0 heterocycles. The van der Waals surface area contributed by atoms with Crippen LogP contribution in [0.25, 0.3) is 0 Å². The number of hydrogen-bond acceptors (Lipinski definition) is 2. The second-order valence-electron chi connectivity index (χ2n) is 3.02. The third kappa shape index (κ3) is 2.53. The number of aliphatic hydroxyl groups is 1. The third-order valence-corrected chi connectivity index (χ3v) is 2.82. The molecule has 1 rings (SSSR count). The molecule has 0 unspecified atom stereocenters. The van der Waals surface area contributed by atoms with Crippen LogP contribution in [0.5, 0.6) is 0 Å². The molecule has 1 aromatic carbocycles. The van der Waals surface area contributed by atoms with Crippen LogP contribution in [0.1, 0.15) is 24.9 Å². The fourth-order valence-corrected chi connectivity index (χ4v) is 1.76. The predicted octanol–water partition coefficient (Wildman–Crippen LogP) is 2.22. The average Bonchev–Trinajstić information content (AvgIpc) is 2.16. The number of benzene rings is 1. The normalized spacial score (nSPS) is 15.4. The molecule has 0 spiro atoms. The molecule has 0 aromatic heterocycles. The van der Waals surface area contributed by atoms with Crippen molar-refractivity contribution in [2.75, 3.05) is 0 Å². The van der Waals surface area contributed by atoms with Crippen molar-refractivity contribution in [1.29, 1.82) is 0 Å². The van der Waals surface area contributed by atoms with Gasteiger partial charge in [-0.05, 0) is 18.1 Å². The van der Waals surface area contributed by atoms with Gasteiger partial charge in [-0.1, -0.05) is 41.1 Å². The number of rotatable bonds is 3. The Labute approximate surface area is 86.9 Å². The molecule has 72 valence electrons. The molecule has 0 saturated carbocycles. The molecule has 0 saturated heterocycles. The van der Waals surface area contributed by atoms with Crippen molar-refractivity contribution in [2.24, 2.45) is 5.73 Å². The van der Waals surface area contributed by atoms with Gasteiger partial charge in [-0.3, -0.25) is 0 Å². The second kappa shape index (κ2) is 4.74. The summed E-state index contributed by atoms with van der Waals surface area (Å²) in [6.07, 6.45) is 0.196. The molecule has 0 fully saturated rings. The molecule has 3 heteroatoms. The van der Waals surface area contributed by atoms with E-state index in [4.69, 9.17) is 5.73 Å². The fraction of sp³-hybridized carbons (Fsp3) is 0.400. The smallest absolute Gasteiger partial charge is 0.0730 e. The molecule has 2 atom stereocenters. The van der Waals surface area contributed by atoms with Crippen LogP contribution >= 0.6 is 15.9 Å². The zero-order chi connectivity index (χ0) is 9.84. The highest BCUT2D eigenvalue weighted by molar-refractivity contribution is 9.10. The summed E-state index contributed by atoms with van der Waals surface area (Å²) in [6, 6.07) is 7.40. The average molecular weight is 244 g/mol.